The summed E-state index contributed by atoms with van der Waals surface area (Å²) in [5, 5.41) is 0. The van der Waals surface area contributed by atoms with Crippen molar-refractivity contribution < 1.29 is 9.59 Å². The van der Waals surface area contributed by atoms with Crippen LogP contribution in [0.25, 0.3) is 0 Å². The minimum absolute atomic E-state index is 0.0244. The Morgan fingerprint density at radius 1 is 1.26 bits per heavy atom. The molecule has 0 saturated carbocycles. The minimum atomic E-state index is 0.0244. The molecule has 1 fully saturated rings. The third kappa shape index (κ3) is 2.39. The Morgan fingerprint density at radius 3 is 2.84 bits per heavy atom. The van der Waals surface area contributed by atoms with Crippen LogP contribution in [-0.4, -0.2) is 36.3 Å². The summed E-state index contributed by atoms with van der Waals surface area (Å²) < 4.78 is 1.04. The molecule has 5 heteroatoms. The van der Waals surface area contributed by atoms with Gasteiger partial charge in [0.25, 0.3) is 0 Å². The number of amides is 2. The highest BCUT2D eigenvalue weighted by molar-refractivity contribution is 9.10. The van der Waals surface area contributed by atoms with E-state index in [4.69, 9.17) is 0 Å². The second kappa shape index (κ2) is 4.96. The van der Waals surface area contributed by atoms with Crippen LogP contribution in [0.3, 0.4) is 0 Å². The molecule has 1 aromatic rings. The summed E-state index contributed by atoms with van der Waals surface area (Å²) in [5.41, 5.74) is 2.18. The summed E-state index contributed by atoms with van der Waals surface area (Å²) >= 11 is 3.44. The fourth-order valence-electron chi connectivity index (χ4n) is 2.75. The van der Waals surface area contributed by atoms with Crippen molar-refractivity contribution in [2.75, 3.05) is 24.5 Å². The molecule has 0 spiro atoms. The molecule has 0 radical (unpaired) electrons. The summed E-state index contributed by atoms with van der Waals surface area (Å²) in [7, 11) is 0. The Balaban J connectivity index is 1.74. The molecule has 0 bridgehead atoms. The molecule has 0 aromatic heterocycles. The molecule has 2 amide bonds. The van der Waals surface area contributed by atoms with Crippen LogP contribution in [0.1, 0.15) is 18.4 Å². The summed E-state index contributed by atoms with van der Waals surface area (Å²) in [6.07, 6.45) is 2.33. The van der Waals surface area contributed by atoms with Crippen LogP contribution < -0.4 is 4.90 Å². The third-order valence-corrected chi connectivity index (χ3v) is 4.23. The number of hydrogen-bond donors (Lipinski definition) is 0. The van der Waals surface area contributed by atoms with Gasteiger partial charge in [-0.25, -0.2) is 0 Å². The van der Waals surface area contributed by atoms with Crippen LogP contribution in [0.15, 0.2) is 22.7 Å². The Kier molecular flexibility index (Phi) is 3.31. The second-order valence-electron chi connectivity index (χ2n) is 4.99. The summed E-state index contributed by atoms with van der Waals surface area (Å²) in [6.45, 7) is 1.65. The number of anilines is 1. The van der Waals surface area contributed by atoms with Crippen LogP contribution in [0.2, 0.25) is 0 Å². The number of likely N-dealkylation sites (tertiary alicyclic amines) is 1. The predicted octanol–water partition coefficient (Wildman–Crippen LogP) is 1.96. The van der Waals surface area contributed by atoms with Gasteiger partial charge in [-0.15, -0.1) is 0 Å². The van der Waals surface area contributed by atoms with Gasteiger partial charge in [0.1, 0.15) is 6.54 Å². The van der Waals surface area contributed by atoms with Crippen molar-refractivity contribution in [1.82, 2.24) is 4.90 Å². The highest BCUT2D eigenvalue weighted by Crippen LogP contribution is 2.30. The maximum atomic E-state index is 12.3. The van der Waals surface area contributed by atoms with E-state index in [0.717, 1.165) is 23.0 Å². The van der Waals surface area contributed by atoms with Gasteiger partial charge in [0, 0.05) is 29.7 Å². The number of hydrogen-bond acceptors (Lipinski definition) is 2. The van der Waals surface area contributed by atoms with Gasteiger partial charge in [-0.1, -0.05) is 15.9 Å². The standard InChI is InChI=1S/C14H15BrN2O2/c15-11-3-4-12-10(8-11)5-7-17(12)14(19)9-16-6-1-2-13(16)18/h3-4,8H,1-2,5-7,9H2. The van der Waals surface area contributed by atoms with Gasteiger partial charge < -0.3 is 9.80 Å². The molecule has 0 unspecified atom stereocenters. The van der Waals surface area contributed by atoms with Crippen LogP contribution in [-0.2, 0) is 16.0 Å². The number of rotatable bonds is 2. The molecular formula is C14H15BrN2O2. The van der Waals surface area contributed by atoms with E-state index in [9.17, 15) is 9.59 Å². The van der Waals surface area contributed by atoms with Crippen molar-refractivity contribution in [3.05, 3.63) is 28.2 Å². The molecule has 19 heavy (non-hydrogen) atoms. The number of carbonyl (C=O) groups is 2. The van der Waals surface area contributed by atoms with Gasteiger partial charge >= 0.3 is 0 Å². The van der Waals surface area contributed by atoms with E-state index in [2.05, 4.69) is 22.0 Å². The molecule has 1 saturated heterocycles. The normalized spacial score (nSPS) is 18.1. The van der Waals surface area contributed by atoms with Gasteiger partial charge in [0.15, 0.2) is 0 Å². The molecule has 100 valence electrons. The van der Waals surface area contributed by atoms with Gasteiger partial charge in [-0.05, 0) is 36.6 Å². The van der Waals surface area contributed by atoms with Crippen LogP contribution >= 0.6 is 15.9 Å². The van der Waals surface area contributed by atoms with Gasteiger partial charge in [0.05, 0.1) is 0 Å². The molecule has 4 nitrogen and oxygen atoms in total. The SMILES string of the molecule is O=C1CCCN1CC(=O)N1CCc2cc(Br)ccc21. The first-order valence-electron chi connectivity index (χ1n) is 6.52. The quantitative estimate of drug-likeness (QED) is 0.835. The number of benzene rings is 1. The summed E-state index contributed by atoms with van der Waals surface area (Å²) in [6, 6.07) is 5.98. The van der Waals surface area contributed by atoms with Crippen LogP contribution in [0, 0.1) is 0 Å². The van der Waals surface area contributed by atoms with Crippen molar-refractivity contribution in [2.45, 2.75) is 19.3 Å². The average Bonchev–Trinajstić information content (AvgIpc) is 2.96. The zero-order valence-electron chi connectivity index (χ0n) is 10.6. The van der Waals surface area contributed by atoms with Crippen molar-refractivity contribution in [1.29, 1.82) is 0 Å². The lowest BCUT2D eigenvalue weighted by Gasteiger charge is -2.21. The van der Waals surface area contributed by atoms with E-state index in [1.807, 2.05) is 12.1 Å². The fourth-order valence-corrected chi connectivity index (χ4v) is 3.16. The van der Waals surface area contributed by atoms with E-state index in [-0.39, 0.29) is 18.4 Å². The Labute approximate surface area is 120 Å². The smallest absolute Gasteiger partial charge is 0.246 e. The molecule has 0 atom stereocenters. The fraction of sp³-hybridized carbons (Fsp3) is 0.429. The molecule has 2 aliphatic heterocycles. The lowest BCUT2D eigenvalue weighted by atomic mass is 10.2. The summed E-state index contributed by atoms with van der Waals surface area (Å²) in [4.78, 5) is 27.3. The minimum Gasteiger partial charge on any atom is -0.333 e. The molecule has 3 rings (SSSR count). The van der Waals surface area contributed by atoms with Crippen molar-refractivity contribution >= 4 is 33.4 Å². The van der Waals surface area contributed by atoms with Crippen molar-refractivity contribution in [3.8, 4) is 0 Å². The summed E-state index contributed by atoms with van der Waals surface area (Å²) in [5.74, 6) is 0.125. The molecule has 1 aromatic carbocycles. The maximum absolute atomic E-state index is 12.3. The van der Waals surface area contributed by atoms with Gasteiger partial charge in [0.2, 0.25) is 11.8 Å². The second-order valence-corrected chi connectivity index (χ2v) is 5.90. The van der Waals surface area contributed by atoms with Crippen molar-refractivity contribution in [3.63, 3.8) is 0 Å². The van der Waals surface area contributed by atoms with Crippen molar-refractivity contribution in [2.24, 2.45) is 0 Å². The Morgan fingerprint density at radius 2 is 2.11 bits per heavy atom. The van der Waals surface area contributed by atoms with Gasteiger partial charge in [-0.2, -0.15) is 0 Å². The maximum Gasteiger partial charge on any atom is 0.246 e. The number of nitrogens with zero attached hydrogens (tertiary/aromatic N) is 2. The third-order valence-electron chi connectivity index (χ3n) is 3.74. The number of halogens is 1. The zero-order valence-corrected chi connectivity index (χ0v) is 12.1. The number of carbonyl (C=O) groups excluding carboxylic acids is 2. The first kappa shape index (κ1) is 12.7. The average molecular weight is 323 g/mol. The van der Waals surface area contributed by atoms with Crippen LogP contribution in [0.4, 0.5) is 5.69 Å². The molecule has 2 aliphatic rings. The van der Waals surface area contributed by atoms with E-state index in [0.29, 0.717) is 19.5 Å². The lowest BCUT2D eigenvalue weighted by molar-refractivity contribution is -0.132. The zero-order chi connectivity index (χ0) is 13.4. The van der Waals surface area contributed by atoms with E-state index < -0.39 is 0 Å². The monoisotopic (exact) mass is 322 g/mol. The Hall–Kier alpha value is -1.36. The Bertz CT molecular complexity index is 544. The molecule has 0 N–H and O–H groups in total. The first-order chi connectivity index (χ1) is 9.15. The first-order valence-corrected chi connectivity index (χ1v) is 7.31. The van der Waals surface area contributed by atoms with E-state index in [1.54, 1.807) is 9.80 Å². The van der Waals surface area contributed by atoms with Gasteiger partial charge in [-0.3, -0.25) is 9.59 Å². The number of fused-ring (bicyclic) bond motifs is 1. The van der Waals surface area contributed by atoms with E-state index >= 15 is 0 Å². The molecule has 2 heterocycles. The molecular weight excluding hydrogens is 308 g/mol. The predicted molar refractivity (Wildman–Crippen MR) is 76.0 cm³/mol. The molecule has 0 aliphatic carbocycles. The topological polar surface area (TPSA) is 40.6 Å². The highest BCUT2D eigenvalue weighted by atomic mass is 79.9. The lowest BCUT2D eigenvalue weighted by Crippen LogP contribution is -2.40. The van der Waals surface area contributed by atoms with E-state index in [1.165, 1.54) is 5.56 Å². The largest absolute Gasteiger partial charge is 0.333 e. The highest BCUT2D eigenvalue weighted by Gasteiger charge is 2.28. The van der Waals surface area contributed by atoms with Crippen LogP contribution in [0.5, 0.6) is 0 Å².